The van der Waals surface area contributed by atoms with Gasteiger partial charge in [-0.3, -0.25) is 0 Å². The second-order valence-electron chi connectivity index (χ2n) is 4.26. The molecule has 0 amide bonds. The Labute approximate surface area is 96.0 Å². The van der Waals surface area contributed by atoms with Crippen molar-refractivity contribution < 1.29 is 4.74 Å². The zero-order valence-electron chi connectivity index (χ0n) is 9.43. The fourth-order valence-corrected chi connectivity index (χ4v) is 2.07. The van der Waals surface area contributed by atoms with Crippen LogP contribution in [0.25, 0.3) is 0 Å². The molecule has 0 saturated heterocycles. The van der Waals surface area contributed by atoms with Crippen molar-refractivity contribution >= 4 is 0 Å². The van der Waals surface area contributed by atoms with Crippen molar-refractivity contribution in [1.29, 1.82) is 0 Å². The molecular weight excluding hydrogens is 202 g/mol. The minimum Gasteiger partial charge on any atom is -0.474 e. The molecular formula is C12H19N3O. The fourth-order valence-electron chi connectivity index (χ4n) is 2.07. The molecule has 0 aromatic carbocycles. The highest BCUT2D eigenvalue weighted by Crippen LogP contribution is 2.26. The Kier molecular flexibility index (Phi) is 3.74. The lowest BCUT2D eigenvalue weighted by molar-refractivity contribution is 0.198. The molecule has 1 fully saturated rings. The van der Waals surface area contributed by atoms with Gasteiger partial charge in [-0.2, -0.15) is 0 Å². The molecule has 88 valence electrons. The maximum absolute atomic E-state index is 5.92. The Bertz CT molecular complexity index is 337. The number of nitrogens with two attached hydrogens (primary N) is 2. The Morgan fingerprint density at radius 2 is 2.19 bits per heavy atom. The van der Waals surface area contributed by atoms with Gasteiger partial charge in [0.1, 0.15) is 6.10 Å². The molecule has 0 radical (unpaired) electrons. The highest BCUT2D eigenvalue weighted by molar-refractivity contribution is 5.29. The van der Waals surface area contributed by atoms with E-state index in [1.165, 1.54) is 12.8 Å². The Hall–Kier alpha value is -1.13. The van der Waals surface area contributed by atoms with E-state index in [9.17, 15) is 0 Å². The standard InChI is InChI=1S/C12H19N3O/c13-8-11(14)10-6-3-7-15-12(10)16-9-4-1-2-5-9/h3,6-7,9,11H,1-2,4-5,8,13-14H2. The summed E-state index contributed by atoms with van der Waals surface area (Å²) in [5.74, 6) is 0.660. The minimum absolute atomic E-state index is 0.190. The lowest BCUT2D eigenvalue weighted by atomic mass is 10.1. The van der Waals surface area contributed by atoms with Gasteiger partial charge in [0, 0.05) is 24.3 Å². The second kappa shape index (κ2) is 5.27. The largest absolute Gasteiger partial charge is 0.474 e. The predicted molar refractivity (Wildman–Crippen MR) is 63.1 cm³/mol. The van der Waals surface area contributed by atoms with Gasteiger partial charge in [-0.05, 0) is 31.7 Å². The van der Waals surface area contributed by atoms with Crippen molar-refractivity contribution in [3.63, 3.8) is 0 Å². The highest BCUT2D eigenvalue weighted by atomic mass is 16.5. The quantitative estimate of drug-likeness (QED) is 0.805. The number of pyridine rings is 1. The van der Waals surface area contributed by atoms with Crippen LogP contribution in [-0.4, -0.2) is 17.6 Å². The van der Waals surface area contributed by atoms with Crippen LogP contribution >= 0.6 is 0 Å². The maximum atomic E-state index is 5.92. The normalized spacial score (nSPS) is 18.6. The molecule has 1 unspecified atom stereocenters. The summed E-state index contributed by atoms with van der Waals surface area (Å²) in [6, 6.07) is 3.62. The summed E-state index contributed by atoms with van der Waals surface area (Å²) in [5.41, 5.74) is 12.4. The first-order valence-corrected chi connectivity index (χ1v) is 5.88. The first-order chi connectivity index (χ1) is 7.81. The van der Waals surface area contributed by atoms with Gasteiger partial charge in [0.25, 0.3) is 0 Å². The molecule has 1 heterocycles. The number of hydrogen-bond acceptors (Lipinski definition) is 4. The van der Waals surface area contributed by atoms with E-state index >= 15 is 0 Å². The van der Waals surface area contributed by atoms with Crippen molar-refractivity contribution in [2.45, 2.75) is 37.8 Å². The van der Waals surface area contributed by atoms with Crippen LogP contribution in [0.15, 0.2) is 18.3 Å². The monoisotopic (exact) mass is 221 g/mol. The number of aromatic nitrogens is 1. The van der Waals surface area contributed by atoms with E-state index < -0.39 is 0 Å². The van der Waals surface area contributed by atoms with E-state index in [1.54, 1.807) is 6.20 Å². The summed E-state index contributed by atoms with van der Waals surface area (Å²) < 4.78 is 5.88. The molecule has 4 nitrogen and oxygen atoms in total. The molecule has 1 saturated carbocycles. The Morgan fingerprint density at radius 1 is 1.44 bits per heavy atom. The van der Waals surface area contributed by atoms with Crippen molar-refractivity contribution in [3.8, 4) is 5.88 Å². The van der Waals surface area contributed by atoms with Crippen molar-refractivity contribution in [2.24, 2.45) is 11.5 Å². The minimum atomic E-state index is -0.190. The maximum Gasteiger partial charge on any atom is 0.218 e. The number of ether oxygens (including phenoxy) is 1. The van der Waals surface area contributed by atoms with Crippen LogP contribution in [0.2, 0.25) is 0 Å². The summed E-state index contributed by atoms with van der Waals surface area (Å²) >= 11 is 0. The molecule has 4 N–H and O–H groups in total. The summed E-state index contributed by atoms with van der Waals surface area (Å²) in [5, 5.41) is 0. The van der Waals surface area contributed by atoms with Crippen molar-refractivity contribution in [2.75, 3.05) is 6.54 Å². The van der Waals surface area contributed by atoms with E-state index in [0.29, 0.717) is 18.5 Å². The molecule has 0 bridgehead atoms. The second-order valence-corrected chi connectivity index (χ2v) is 4.26. The van der Waals surface area contributed by atoms with Gasteiger partial charge < -0.3 is 16.2 Å². The molecule has 1 aromatic heterocycles. The van der Waals surface area contributed by atoms with Gasteiger partial charge in [0.2, 0.25) is 5.88 Å². The van der Waals surface area contributed by atoms with Crippen LogP contribution < -0.4 is 16.2 Å². The van der Waals surface area contributed by atoms with Crippen LogP contribution in [0.5, 0.6) is 5.88 Å². The van der Waals surface area contributed by atoms with Gasteiger partial charge >= 0.3 is 0 Å². The van der Waals surface area contributed by atoms with Crippen LogP contribution in [0.4, 0.5) is 0 Å². The third-order valence-electron chi connectivity index (χ3n) is 3.03. The fraction of sp³-hybridized carbons (Fsp3) is 0.583. The van der Waals surface area contributed by atoms with E-state index in [0.717, 1.165) is 18.4 Å². The first kappa shape index (κ1) is 11.4. The topological polar surface area (TPSA) is 74.2 Å². The average molecular weight is 221 g/mol. The molecule has 1 aliphatic carbocycles. The smallest absolute Gasteiger partial charge is 0.218 e. The average Bonchev–Trinajstić information content (AvgIpc) is 2.82. The predicted octanol–water partition coefficient (Wildman–Crippen LogP) is 1.36. The molecule has 1 aliphatic rings. The third-order valence-corrected chi connectivity index (χ3v) is 3.03. The van der Waals surface area contributed by atoms with Gasteiger partial charge in [0.15, 0.2) is 0 Å². The number of rotatable bonds is 4. The molecule has 1 aromatic rings. The Morgan fingerprint density at radius 3 is 2.88 bits per heavy atom. The van der Waals surface area contributed by atoms with Crippen LogP contribution in [0.3, 0.4) is 0 Å². The van der Waals surface area contributed by atoms with E-state index in [1.807, 2.05) is 12.1 Å². The van der Waals surface area contributed by atoms with Gasteiger partial charge in [-0.1, -0.05) is 6.07 Å². The number of hydrogen-bond donors (Lipinski definition) is 2. The zero-order chi connectivity index (χ0) is 11.4. The van der Waals surface area contributed by atoms with Crippen molar-refractivity contribution in [1.82, 2.24) is 4.98 Å². The number of nitrogens with zero attached hydrogens (tertiary/aromatic N) is 1. The molecule has 2 rings (SSSR count). The lowest BCUT2D eigenvalue weighted by Crippen LogP contribution is -2.23. The van der Waals surface area contributed by atoms with Gasteiger partial charge in [0.05, 0.1) is 0 Å². The van der Waals surface area contributed by atoms with E-state index in [-0.39, 0.29) is 6.04 Å². The van der Waals surface area contributed by atoms with Crippen LogP contribution in [-0.2, 0) is 0 Å². The van der Waals surface area contributed by atoms with Crippen molar-refractivity contribution in [3.05, 3.63) is 23.9 Å². The van der Waals surface area contributed by atoms with Gasteiger partial charge in [-0.15, -0.1) is 0 Å². The first-order valence-electron chi connectivity index (χ1n) is 5.88. The molecule has 0 spiro atoms. The van der Waals surface area contributed by atoms with Crippen LogP contribution in [0.1, 0.15) is 37.3 Å². The molecule has 1 atom stereocenters. The molecule has 16 heavy (non-hydrogen) atoms. The summed E-state index contributed by atoms with van der Waals surface area (Å²) in [6.07, 6.45) is 6.77. The summed E-state index contributed by atoms with van der Waals surface area (Å²) in [7, 11) is 0. The van der Waals surface area contributed by atoms with Crippen LogP contribution in [0, 0.1) is 0 Å². The summed E-state index contributed by atoms with van der Waals surface area (Å²) in [4.78, 5) is 4.25. The summed E-state index contributed by atoms with van der Waals surface area (Å²) in [6.45, 7) is 0.409. The lowest BCUT2D eigenvalue weighted by Gasteiger charge is -2.17. The van der Waals surface area contributed by atoms with Gasteiger partial charge in [-0.25, -0.2) is 4.98 Å². The Balaban J connectivity index is 2.12. The molecule has 0 aliphatic heterocycles. The third kappa shape index (κ3) is 2.51. The SMILES string of the molecule is NCC(N)c1cccnc1OC1CCCC1. The molecule has 4 heteroatoms. The van der Waals surface area contributed by atoms with E-state index in [4.69, 9.17) is 16.2 Å². The highest BCUT2D eigenvalue weighted by Gasteiger charge is 2.19. The zero-order valence-corrected chi connectivity index (χ0v) is 9.43. The van der Waals surface area contributed by atoms with E-state index in [2.05, 4.69) is 4.98 Å².